The highest BCUT2D eigenvalue weighted by atomic mass is 32.2. The average molecular weight is 504 g/mol. The van der Waals surface area contributed by atoms with E-state index in [1.807, 2.05) is 60.1 Å². The Hall–Kier alpha value is -2.99. The number of esters is 1. The largest absolute Gasteiger partial charge is 0.451 e. The maximum Gasteiger partial charge on any atom is 0.375 e. The van der Waals surface area contributed by atoms with Gasteiger partial charge < -0.3 is 14.1 Å². The van der Waals surface area contributed by atoms with Gasteiger partial charge in [0.1, 0.15) is 5.58 Å². The second-order valence-electron chi connectivity index (χ2n) is 10.3. The number of ether oxygens (including phenoxy) is 1. The highest BCUT2D eigenvalue weighted by Crippen LogP contribution is 2.46. The molecule has 0 saturated heterocycles. The zero-order valence-corrected chi connectivity index (χ0v) is 22.0. The lowest BCUT2D eigenvalue weighted by Gasteiger charge is -2.23. The molecule has 5 nitrogen and oxygen atoms in total. The van der Waals surface area contributed by atoms with Crippen LogP contribution in [0.3, 0.4) is 0 Å². The number of nitrogens with zero attached hydrogens (tertiary/aromatic N) is 1. The van der Waals surface area contributed by atoms with Crippen molar-refractivity contribution in [1.82, 2.24) is 0 Å². The van der Waals surface area contributed by atoms with E-state index in [1.165, 1.54) is 37.7 Å². The third kappa shape index (κ3) is 4.71. The molecule has 0 spiro atoms. The molecule has 0 atom stereocenters. The average Bonchev–Trinajstić information content (AvgIpc) is 3.36. The molecular weight excluding hydrogens is 470 g/mol. The second-order valence-corrected chi connectivity index (χ2v) is 11.5. The number of carbonyl (C=O) groups excluding carboxylic acids is 2. The molecule has 2 aliphatic rings. The fourth-order valence-corrected chi connectivity index (χ4v) is 6.85. The molecule has 1 aliphatic carbocycles. The lowest BCUT2D eigenvalue weighted by atomic mass is 9.83. The van der Waals surface area contributed by atoms with Crippen molar-refractivity contribution < 1.29 is 18.7 Å². The van der Waals surface area contributed by atoms with Crippen LogP contribution in [-0.2, 0) is 20.7 Å². The monoisotopic (exact) mass is 503 g/mol. The van der Waals surface area contributed by atoms with Gasteiger partial charge in [0.2, 0.25) is 5.76 Å². The van der Waals surface area contributed by atoms with Crippen LogP contribution in [0.1, 0.15) is 67.6 Å². The van der Waals surface area contributed by atoms with Crippen molar-refractivity contribution in [1.29, 1.82) is 0 Å². The van der Waals surface area contributed by atoms with E-state index in [1.54, 1.807) is 6.08 Å². The van der Waals surface area contributed by atoms with E-state index in [0.717, 1.165) is 22.3 Å². The molecule has 0 bridgehead atoms. The summed E-state index contributed by atoms with van der Waals surface area (Å²) in [5, 5.41) is 1.55. The molecule has 3 aromatic rings. The number of ketones is 1. The molecule has 2 heterocycles. The van der Waals surface area contributed by atoms with E-state index < -0.39 is 5.97 Å². The molecule has 5 rings (SSSR count). The number of hydrogen-bond donors (Lipinski definition) is 0. The number of furan rings is 1. The van der Waals surface area contributed by atoms with E-state index in [4.69, 9.17) is 9.15 Å². The van der Waals surface area contributed by atoms with Crippen molar-refractivity contribution in [2.24, 2.45) is 0 Å². The molecule has 6 heteroatoms. The molecule has 36 heavy (non-hydrogen) atoms. The normalized spacial score (nSPS) is 18.5. The summed E-state index contributed by atoms with van der Waals surface area (Å²) in [7, 11) is 1.96. The van der Waals surface area contributed by atoms with E-state index in [2.05, 4.69) is 26.0 Å². The zero-order valence-electron chi connectivity index (χ0n) is 21.2. The topological polar surface area (TPSA) is 59.8 Å². The first-order valence-electron chi connectivity index (χ1n) is 12.7. The number of fused-ring (bicyclic) bond motifs is 2. The van der Waals surface area contributed by atoms with Crippen molar-refractivity contribution in [2.75, 3.05) is 18.6 Å². The Morgan fingerprint density at radius 1 is 1.08 bits per heavy atom. The van der Waals surface area contributed by atoms with Crippen molar-refractivity contribution >= 4 is 40.2 Å². The molecule has 188 valence electrons. The van der Waals surface area contributed by atoms with Gasteiger partial charge in [-0.1, -0.05) is 69.5 Å². The molecule has 0 radical (unpaired) electrons. The fourth-order valence-electron chi connectivity index (χ4n) is 5.50. The first-order valence-corrected chi connectivity index (χ1v) is 13.8. The van der Waals surface area contributed by atoms with E-state index in [9.17, 15) is 9.59 Å². The number of thioether (sulfide) groups is 1. The van der Waals surface area contributed by atoms with Crippen LogP contribution in [0.25, 0.3) is 11.0 Å². The predicted octanol–water partition coefficient (Wildman–Crippen LogP) is 7.04. The summed E-state index contributed by atoms with van der Waals surface area (Å²) in [5.74, 6) is 0.0759. The van der Waals surface area contributed by atoms with Crippen LogP contribution in [0.2, 0.25) is 0 Å². The lowest BCUT2D eigenvalue weighted by molar-refractivity contribution is -0.117. The fraction of sp³-hybridized carbons (Fsp3) is 0.400. The summed E-state index contributed by atoms with van der Waals surface area (Å²) in [6.07, 6.45) is 7.90. The van der Waals surface area contributed by atoms with Crippen LogP contribution in [-0.4, -0.2) is 30.7 Å². The SMILES string of the molecule is CN1/C(=C/C(=O)COC(=O)c2oc3ccccc3c2CSC2CCCCC2)C(C)(C)c2ccccc21. The molecule has 1 fully saturated rings. The Bertz CT molecular complexity index is 1320. The number of likely N-dealkylation sites (N-methyl/N-ethyl adjacent to an activating group) is 1. The van der Waals surface area contributed by atoms with Crippen molar-refractivity contribution in [3.63, 3.8) is 0 Å². The van der Waals surface area contributed by atoms with Gasteiger partial charge in [0, 0.05) is 51.9 Å². The summed E-state index contributed by atoms with van der Waals surface area (Å²) in [5.41, 5.74) is 4.37. The van der Waals surface area contributed by atoms with Crippen LogP contribution in [0, 0.1) is 0 Å². The summed E-state index contributed by atoms with van der Waals surface area (Å²) in [4.78, 5) is 28.0. The van der Waals surface area contributed by atoms with Gasteiger partial charge in [0.05, 0.1) is 0 Å². The van der Waals surface area contributed by atoms with E-state index in [-0.39, 0.29) is 23.6 Å². The summed E-state index contributed by atoms with van der Waals surface area (Å²) in [6, 6.07) is 15.8. The molecular formula is C30H33NO4S. The van der Waals surface area contributed by atoms with Gasteiger partial charge in [-0.2, -0.15) is 11.8 Å². The standard InChI is InChI=1S/C30H33NO4S/c1-30(2)24-14-8-9-15-25(24)31(3)27(30)17-20(32)18-34-29(33)28-23(19-36-21-11-5-4-6-12-21)22-13-7-10-16-26(22)35-28/h7-10,13-17,21H,4-6,11-12,18-19H2,1-3H3/b27-17+. The Labute approximate surface area is 216 Å². The van der Waals surface area contributed by atoms with Crippen LogP contribution in [0.4, 0.5) is 5.69 Å². The molecule has 0 unspecified atom stereocenters. The van der Waals surface area contributed by atoms with Gasteiger partial charge in [-0.15, -0.1) is 0 Å². The maximum atomic E-state index is 13.1. The minimum absolute atomic E-state index is 0.214. The molecule has 1 saturated carbocycles. The first-order chi connectivity index (χ1) is 17.4. The number of para-hydroxylation sites is 2. The van der Waals surface area contributed by atoms with Crippen LogP contribution in [0.5, 0.6) is 0 Å². The van der Waals surface area contributed by atoms with Crippen LogP contribution < -0.4 is 4.90 Å². The minimum Gasteiger partial charge on any atom is -0.451 e. The minimum atomic E-state index is -0.584. The van der Waals surface area contributed by atoms with Crippen LogP contribution in [0.15, 0.2) is 64.7 Å². The maximum absolute atomic E-state index is 13.1. The van der Waals surface area contributed by atoms with E-state index in [0.29, 0.717) is 16.6 Å². The first kappa shape index (κ1) is 24.7. The predicted molar refractivity (Wildman–Crippen MR) is 146 cm³/mol. The highest BCUT2D eigenvalue weighted by Gasteiger charge is 2.38. The Kier molecular flexibility index (Phi) is 6.98. The van der Waals surface area contributed by atoms with Crippen molar-refractivity contribution in [3.8, 4) is 0 Å². The third-order valence-corrected chi connectivity index (χ3v) is 8.88. The third-order valence-electron chi connectivity index (χ3n) is 7.48. The smallest absolute Gasteiger partial charge is 0.375 e. The van der Waals surface area contributed by atoms with Gasteiger partial charge in [-0.05, 0) is 30.5 Å². The number of carbonyl (C=O) groups is 2. The van der Waals surface area contributed by atoms with Gasteiger partial charge >= 0.3 is 5.97 Å². The zero-order chi connectivity index (χ0) is 25.3. The number of hydrogen-bond acceptors (Lipinski definition) is 6. The molecule has 0 N–H and O–H groups in total. The van der Waals surface area contributed by atoms with Gasteiger partial charge in [0.15, 0.2) is 12.4 Å². The molecule has 2 aromatic carbocycles. The highest BCUT2D eigenvalue weighted by molar-refractivity contribution is 7.99. The Balaban J connectivity index is 1.30. The number of benzene rings is 2. The van der Waals surface area contributed by atoms with Gasteiger partial charge in [0.25, 0.3) is 0 Å². The number of allylic oxidation sites excluding steroid dienone is 1. The summed E-state index contributed by atoms with van der Waals surface area (Å²) in [6.45, 7) is 3.88. The van der Waals surface area contributed by atoms with Crippen molar-refractivity contribution in [2.45, 2.75) is 62.4 Å². The van der Waals surface area contributed by atoms with Gasteiger partial charge in [-0.3, -0.25) is 4.79 Å². The molecule has 1 aromatic heterocycles. The molecule has 1 aliphatic heterocycles. The quantitative estimate of drug-likeness (QED) is 0.255. The Morgan fingerprint density at radius 3 is 2.58 bits per heavy atom. The summed E-state index contributed by atoms with van der Waals surface area (Å²) >= 11 is 1.89. The van der Waals surface area contributed by atoms with E-state index >= 15 is 0 Å². The lowest BCUT2D eigenvalue weighted by Crippen LogP contribution is -2.25. The number of anilines is 1. The summed E-state index contributed by atoms with van der Waals surface area (Å²) < 4.78 is 11.4. The van der Waals surface area contributed by atoms with Crippen LogP contribution >= 0.6 is 11.8 Å². The van der Waals surface area contributed by atoms with Gasteiger partial charge in [-0.25, -0.2) is 4.79 Å². The Morgan fingerprint density at radius 2 is 1.81 bits per heavy atom. The molecule has 0 amide bonds. The van der Waals surface area contributed by atoms with Crippen molar-refractivity contribution in [3.05, 3.63) is 77.2 Å². The number of rotatable bonds is 7. The second kappa shape index (κ2) is 10.2.